The van der Waals surface area contributed by atoms with Crippen LogP contribution in [-0.4, -0.2) is 52.7 Å². The van der Waals surface area contributed by atoms with Gasteiger partial charge in [0.2, 0.25) is 0 Å². The van der Waals surface area contributed by atoms with E-state index in [2.05, 4.69) is 33.1 Å². The van der Waals surface area contributed by atoms with Gasteiger partial charge >= 0.3 is 0 Å². The minimum absolute atomic E-state index is 0.248. The SMILES string of the molecule is CC(C)C(=O)C1CCCCC1.CCc1cnn(C2CCN(C3CCNCC3)CC2)c1. The van der Waals surface area contributed by atoms with Gasteiger partial charge in [0.15, 0.2) is 0 Å². The Bertz CT molecular complexity index is 621. The third kappa shape index (κ3) is 6.65. The minimum atomic E-state index is 0.248. The molecule has 0 unspecified atom stereocenters. The molecule has 2 aliphatic heterocycles. The Morgan fingerprint density at radius 2 is 1.70 bits per heavy atom. The first-order chi connectivity index (χ1) is 14.6. The summed E-state index contributed by atoms with van der Waals surface area (Å²) in [6.07, 6.45) is 16.7. The molecule has 0 aromatic carbocycles. The monoisotopic (exact) mass is 416 g/mol. The Morgan fingerprint density at radius 3 is 2.27 bits per heavy atom. The number of carbonyl (C=O) groups excluding carboxylic acids is 1. The summed E-state index contributed by atoms with van der Waals surface area (Å²) in [5.74, 6) is 1.14. The van der Waals surface area contributed by atoms with E-state index in [1.54, 1.807) is 0 Å². The van der Waals surface area contributed by atoms with Gasteiger partial charge in [0, 0.05) is 37.2 Å². The van der Waals surface area contributed by atoms with Crippen molar-refractivity contribution in [2.24, 2.45) is 11.8 Å². The molecule has 1 aromatic heterocycles. The number of ketones is 1. The quantitative estimate of drug-likeness (QED) is 0.760. The number of rotatable bonds is 5. The standard InChI is InChI=1S/C15H26N4.C10H18O/c1-2-13-11-17-19(12-13)15-5-9-18(10-6-15)14-3-7-16-8-4-14;1-8(2)10(11)9-6-4-3-5-7-9/h11-12,14-16H,2-10H2,1H3;8-9H,3-7H2,1-2H3. The average molecular weight is 417 g/mol. The molecule has 0 spiro atoms. The van der Waals surface area contributed by atoms with Crippen LogP contribution in [0.1, 0.15) is 90.2 Å². The second-order valence-corrected chi connectivity index (χ2v) is 9.82. The van der Waals surface area contributed by atoms with Crippen molar-refractivity contribution >= 4 is 5.78 Å². The van der Waals surface area contributed by atoms with Crippen LogP contribution in [0, 0.1) is 11.8 Å². The van der Waals surface area contributed by atoms with E-state index in [0.29, 0.717) is 17.7 Å². The fourth-order valence-corrected chi connectivity index (χ4v) is 5.31. The summed E-state index contributed by atoms with van der Waals surface area (Å²) in [6, 6.07) is 1.45. The number of aromatic nitrogens is 2. The third-order valence-corrected chi connectivity index (χ3v) is 7.34. The number of nitrogens with one attached hydrogen (secondary N) is 1. The van der Waals surface area contributed by atoms with Crippen molar-refractivity contribution in [1.29, 1.82) is 0 Å². The van der Waals surface area contributed by atoms with Gasteiger partial charge < -0.3 is 10.2 Å². The fraction of sp³-hybridized carbons (Fsp3) is 0.840. The number of aryl methyl sites for hydroxylation is 1. The molecule has 5 heteroatoms. The van der Waals surface area contributed by atoms with Crippen molar-refractivity contribution in [2.45, 2.75) is 97.1 Å². The summed E-state index contributed by atoms with van der Waals surface area (Å²) in [6.45, 7) is 11.1. The molecule has 1 aliphatic carbocycles. The van der Waals surface area contributed by atoms with Crippen molar-refractivity contribution in [3.63, 3.8) is 0 Å². The molecule has 0 radical (unpaired) electrons. The van der Waals surface area contributed by atoms with Crippen LogP contribution in [0.3, 0.4) is 0 Å². The van der Waals surface area contributed by atoms with E-state index >= 15 is 0 Å². The van der Waals surface area contributed by atoms with E-state index in [4.69, 9.17) is 0 Å². The molecule has 3 heterocycles. The zero-order valence-corrected chi connectivity index (χ0v) is 19.6. The van der Waals surface area contributed by atoms with Crippen LogP contribution in [0.15, 0.2) is 12.4 Å². The molecule has 1 aromatic rings. The van der Waals surface area contributed by atoms with Crippen LogP contribution in [0.4, 0.5) is 0 Å². The molecular formula is C25H44N4O. The lowest BCUT2D eigenvalue weighted by Gasteiger charge is -2.39. The van der Waals surface area contributed by atoms with E-state index in [1.807, 2.05) is 20.0 Å². The maximum absolute atomic E-state index is 11.5. The number of Topliss-reactive ketones (excluding diaryl/α,β-unsaturated/α-hetero) is 1. The second kappa shape index (κ2) is 12.0. The van der Waals surface area contributed by atoms with Gasteiger partial charge in [-0.15, -0.1) is 0 Å². The fourth-order valence-electron chi connectivity index (χ4n) is 5.31. The van der Waals surface area contributed by atoms with Crippen molar-refractivity contribution in [3.05, 3.63) is 18.0 Å². The van der Waals surface area contributed by atoms with Gasteiger partial charge in [-0.2, -0.15) is 5.10 Å². The molecule has 5 nitrogen and oxygen atoms in total. The van der Waals surface area contributed by atoms with Crippen LogP contribution >= 0.6 is 0 Å². The first kappa shape index (κ1) is 23.5. The smallest absolute Gasteiger partial charge is 0.138 e. The van der Waals surface area contributed by atoms with Gasteiger partial charge in [0.05, 0.1) is 12.2 Å². The largest absolute Gasteiger partial charge is 0.317 e. The van der Waals surface area contributed by atoms with E-state index < -0.39 is 0 Å². The zero-order valence-electron chi connectivity index (χ0n) is 19.6. The number of hydrogen-bond donors (Lipinski definition) is 1. The Morgan fingerprint density at radius 1 is 1.03 bits per heavy atom. The molecule has 0 atom stereocenters. The number of piperidine rings is 2. The molecule has 1 saturated carbocycles. The molecule has 30 heavy (non-hydrogen) atoms. The van der Waals surface area contributed by atoms with Gasteiger partial charge in [-0.1, -0.05) is 40.0 Å². The molecule has 1 N–H and O–H groups in total. The van der Waals surface area contributed by atoms with E-state index in [9.17, 15) is 4.79 Å². The lowest BCUT2D eigenvalue weighted by Crippen LogP contribution is -2.46. The van der Waals surface area contributed by atoms with Gasteiger partial charge in [-0.25, -0.2) is 0 Å². The summed E-state index contributed by atoms with van der Waals surface area (Å²) in [7, 11) is 0. The van der Waals surface area contributed by atoms with Gasteiger partial charge in [0.1, 0.15) is 5.78 Å². The second-order valence-electron chi connectivity index (χ2n) is 9.82. The van der Waals surface area contributed by atoms with Gasteiger partial charge in [-0.05, 0) is 63.6 Å². The Kier molecular flexibility index (Phi) is 9.38. The summed E-state index contributed by atoms with van der Waals surface area (Å²) in [5, 5.41) is 7.99. The van der Waals surface area contributed by atoms with Gasteiger partial charge in [0.25, 0.3) is 0 Å². The van der Waals surface area contributed by atoms with Crippen molar-refractivity contribution in [3.8, 4) is 0 Å². The first-order valence-electron chi connectivity index (χ1n) is 12.6. The van der Waals surface area contributed by atoms with Crippen molar-refractivity contribution < 1.29 is 4.79 Å². The molecule has 0 amide bonds. The molecule has 3 fully saturated rings. The number of nitrogens with zero attached hydrogens (tertiary/aromatic N) is 3. The predicted octanol–water partition coefficient (Wildman–Crippen LogP) is 4.63. The average Bonchev–Trinajstić information content (AvgIpc) is 3.30. The highest BCUT2D eigenvalue weighted by Crippen LogP contribution is 2.27. The maximum atomic E-state index is 11.5. The van der Waals surface area contributed by atoms with E-state index in [0.717, 1.165) is 25.3 Å². The molecule has 170 valence electrons. The van der Waals surface area contributed by atoms with Crippen molar-refractivity contribution in [2.75, 3.05) is 26.2 Å². The summed E-state index contributed by atoms with van der Waals surface area (Å²) >= 11 is 0. The first-order valence-corrected chi connectivity index (χ1v) is 12.6. The lowest BCUT2D eigenvalue weighted by molar-refractivity contribution is -0.126. The highest BCUT2D eigenvalue weighted by Gasteiger charge is 2.27. The Hall–Kier alpha value is -1.20. The van der Waals surface area contributed by atoms with Crippen LogP contribution < -0.4 is 5.32 Å². The Labute approximate surface area is 184 Å². The number of carbonyl (C=O) groups is 1. The number of hydrogen-bond acceptors (Lipinski definition) is 4. The summed E-state index contributed by atoms with van der Waals surface area (Å²) in [4.78, 5) is 14.2. The summed E-state index contributed by atoms with van der Waals surface area (Å²) < 4.78 is 2.21. The van der Waals surface area contributed by atoms with Crippen LogP contribution in [0.2, 0.25) is 0 Å². The molecule has 3 aliphatic rings. The Balaban J connectivity index is 0.000000199. The molecule has 0 bridgehead atoms. The van der Waals surface area contributed by atoms with E-state index in [1.165, 1.54) is 76.7 Å². The van der Waals surface area contributed by atoms with Gasteiger partial charge in [-0.3, -0.25) is 9.48 Å². The highest BCUT2D eigenvalue weighted by molar-refractivity contribution is 5.82. The number of likely N-dealkylation sites (tertiary alicyclic amines) is 1. The third-order valence-electron chi connectivity index (χ3n) is 7.34. The topological polar surface area (TPSA) is 50.2 Å². The molecule has 4 rings (SSSR count). The van der Waals surface area contributed by atoms with Crippen LogP contribution in [0.25, 0.3) is 0 Å². The molecule has 2 saturated heterocycles. The van der Waals surface area contributed by atoms with Crippen LogP contribution in [-0.2, 0) is 11.2 Å². The van der Waals surface area contributed by atoms with Crippen LogP contribution in [0.5, 0.6) is 0 Å². The minimum Gasteiger partial charge on any atom is -0.317 e. The molecular weight excluding hydrogens is 372 g/mol. The maximum Gasteiger partial charge on any atom is 0.138 e. The summed E-state index contributed by atoms with van der Waals surface area (Å²) in [5.41, 5.74) is 1.36. The van der Waals surface area contributed by atoms with E-state index in [-0.39, 0.29) is 5.92 Å². The zero-order chi connectivity index (χ0) is 21.3. The lowest BCUT2D eigenvalue weighted by atomic mass is 9.83. The highest BCUT2D eigenvalue weighted by atomic mass is 16.1. The normalized spacial score (nSPS) is 22.7. The predicted molar refractivity (Wildman–Crippen MR) is 124 cm³/mol. The van der Waals surface area contributed by atoms with Crippen molar-refractivity contribution in [1.82, 2.24) is 20.0 Å².